The normalized spacial score (nSPS) is 12.0. The summed E-state index contributed by atoms with van der Waals surface area (Å²) in [7, 11) is -2.65. The molecule has 0 saturated heterocycles. The van der Waals surface area contributed by atoms with Crippen molar-refractivity contribution >= 4 is 46.9 Å². The van der Waals surface area contributed by atoms with Crippen molar-refractivity contribution in [3.05, 3.63) is 51.5 Å². The molecule has 0 N–H and O–H groups in total. The number of hydrogen-bond donors (Lipinski definition) is 0. The molecule has 0 fully saturated rings. The Morgan fingerprint density at radius 2 is 1.72 bits per heavy atom. The molecule has 2 aromatic carbocycles. The van der Waals surface area contributed by atoms with Crippen molar-refractivity contribution in [2.75, 3.05) is 6.26 Å². The molecule has 0 atom stereocenters. The summed E-state index contributed by atoms with van der Waals surface area (Å²) < 4.78 is 51.3. The van der Waals surface area contributed by atoms with E-state index in [1.54, 1.807) is 0 Å². The molecule has 134 valence electrons. The van der Waals surface area contributed by atoms with Gasteiger partial charge in [0.25, 0.3) is 14.7 Å². The predicted molar refractivity (Wildman–Crippen MR) is 90.8 cm³/mol. The van der Waals surface area contributed by atoms with Gasteiger partial charge in [-0.1, -0.05) is 11.6 Å². The molecule has 0 aliphatic carbocycles. The summed E-state index contributed by atoms with van der Waals surface area (Å²) in [6, 6.07) is 6.64. The van der Waals surface area contributed by atoms with Crippen LogP contribution in [0.1, 0.15) is 0 Å². The minimum absolute atomic E-state index is 0.0286. The molecule has 0 amide bonds. The lowest BCUT2D eigenvalue weighted by Crippen LogP contribution is -2.00. The van der Waals surface area contributed by atoms with Gasteiger partial charge < -0.3 is 4.74 Å². The molecule has 8 nitrogen and oxygen atoms in total. The van der Waals surface area contributed by atoms with Gasteiger partial charge in [0.2, 0.25) is 0 Å². The fraction of sp³-hybridized carbons (Fsp3) is 0.0769. The molecular weight excluding hydrogens is 417 g/mol. The van der Waals surface area contributed by atoms with Crippen LogP contribution < -0.4 is 4.74 Å². The van der Waals surface area contributed by atoms with Crippen molar-refractivity contribution in [1.29, 1.82) is 0 Å². The van der Waals surface area contributed by atoms with Crippen LogP contribution >= 0.6 is 22.3 Å². The summed E-state index contributed by atoms with van der Waals surface area (Å²) in [5.74, 6) is -0.0559. The lowest BCUT2D eigenvalue weighted by molar-refractivity contribution is -0.387. The van der Waals surface area contributed by atoms with Crippen molar-refractivity contribution < 1.29 is 26.5 Å². The first kappa shape index (κ1) is 19.4. The van der Waals surface area contributed by atoms with E-state index >= 15 is 0 Å². The largest absolute Gasteiger partial charge is 0.456 e. The maximum Gasteiger partial charge on any atom is 0.289 e. The van der Waals surface area contributed by atoms with E-state index < -0.39 is 34.4 Å². The highest BCUT2D eigenvalue weighted by Crippen LogP contribution is 2.35. The molecule has 0 unspecified atom stereocenters. The third-order valence-corrected chi connectivity index (χ3v) is 5.71. The molecule has 0 radical (unpaired) electrons. The first-order valence-electron chi connectivity index (χ1n) is 6.30. The minimum Gasteiger partial charge on any atom is -0.456 e. The van der Waals surface area contributed by atoms with Gasteiger partial charge in [0, 0.05) is 29.1 Å². The monoisotopic (exact) mass is 425 g/mol. The maximum absolute atomic E-state index is 11.5. The summed E-state index contributed by atoms with van der Waals surface area (Å²) in [6.45, 7) is 0. The Hall–Kier alpha value is -1.88. The summed E-state index contributed by atoms with van der Waals surface area (Å²) in [5, 5.41) is 10.8. The molecule has 25 heavy (non-hydrogen) atoms. The molecule has 0 aromatic heterocycles. The zero-order valence-electron chi connectivity index (χ0n) is 12.3. The van der Waals surface area contributed by atoms with E-state index in [1.807, 2.05) is 0 Å². The van der Waals surface area contributed by atoms with E-state index in [2.05, 4.69) is 0 Å². The zero-order valence-corrected chi connectivity index (χ0v) is 15.5. The smallest absolute Gasteiger partial charge is 0.289 e. The van der Waals surface area contributed by atoms with Crippen LogP contribution in [-0.2, 0) is 18.9 Å². The minimum atomic E-state index is -4.39. The first-order valence-corrected chi connectivity index (χ1v) is 10.9. The molecule has 0 saturated carbocycles. The fourth-order valence-electron chi connectivity index (χ4n) is 1.83. The summed E-state index contributed by atoms with van der Waals surface area (Å²) in [5.41, 5.74) is -0.708. The topological polar surface area (TPSA) is 121 Å². The van der Waals surface area contributed by atoms with E-state index in [0.29, 0.717) is 0 Å². The number of benzene rings is 2. The highest BCUT2D eigenvalue weighted by molar-refractivity contribution is 8.13. The molecule has 0 bridgehead atoms. The highest BCUT2D eigenvalue weighted by Gasteiger charge is 2.25. The van der Waals surface area contributed by atoms with Gasteiger partial charge >= 0.3 is 0 Å². The van der Waals surface area contributed by atoms with Crippen LogP contribution in [0.4, 0.5) is 5.69 Å². The molecule has 12 heteroatoms. The van der Waals surface area contributed by atoms with Crippen molar-refractivity contribution in [1.82, 2.24) is 0 Å². The third-order valence-electron chi connectivity index (χ3n) is 2.95. The number of nitro benzene ring substituents is 1. The van der Waals surface area contributed by atoms with Crippen molar-refractivity contribution in [3.8, 4) is 11.5 Å². The number of halogens is 2. The Bertz CT molecular complexity index is 1070. The van der Waals surface area contributed by atoms with Crippen LogP contribution in [0, 0.1) is 10.1 Å². The van der Waals surface area contributed by atoms with Crippen molar-refractivity contribution in [3.63, 3.8) is 0 Å². The Labute approximate surface area is 152 Å². The molecule has 0 aliphatic heterocycles. The second-order valence-electron chi connectivity index (χ2n) is 4.79. The van der Waals surface area contributed by atoms with E-state index in [4.69, 9.17) is 27.0 Å². The summed E-state index contributed by atoms with van der Waals surface area (Å²) in [4.78, 5) is 9.23. The van der Waals surface area contributed by atoms with Crippen LogP contribution in [-0.4, -0.2) is 28.0 Å². The predicted octanol–water partition coefficient (Wildman–Crippen LogP) is 3.37. The van der Waals surface area contributed by atoms with Crippen molar-refractivity contribution in [2.24, 2.45) is 0 Å². The number of nitro groups is 1. The van der Waals surface area contributed by atoms with Gasteiger partial charge in [-0.2, -0.15) is 0 Å². The zero-order chi connectivity index (χ0) is 19.0. The summed E-state index contributed by atoms with van der Waals surface area (Å²) in [6.07, 6.45) is 1.01. The van der Waals surface area contributed by atoms with Crippen LogP contribution in [0.25, 0.3) is 0 Å². The lowest BCUT2D eigenvalue weighted by Gasteiger charge is -2.09. The van der Waals surface area contributed by atoms with E-state index in [0.717, 1.165) is 30.5 Å². The van der Waals surface area contributed by atoms with E-state index in [1.165, 1.54) is 12.1 Å². The van der Waals surface area contributed by atoms with Crippen molar-refractivity contribution in [2.45, 2.75) is 9.79 Å². The van der Waals surface area contributed by atoms with Crippen LogP contribution in [0.2, 0.25) is 5.02 Å². The highest BCUT2D eigenvalue weighted by atomic mass is 35.7. The average molecular weight is 426 g/mol. The number of sulfone groups is 1. The first-order chi connectivity index (χ1) is 11.4. The molecular formula is C13H9Cl2NO7S2. The molecule has 0 aliphatic rings. The Morgan fingerprint density at radius 1 is 1.08 bits per heavy atom. The maximum atomic E-state index is 11.5. The fourth-order valence-corrected chi connectivity index (χ4v) is 3.78. The Kier molecular flexibility index (Phi) is 5.28. The second kappa shape index (κ2) is 6.79. The van der Waals surface area contributed by atoms with Gasteiger partial charge in [0.1, 0.15) is 11.5 Å². The van der Waals surface area contributed by atoms with Gasteiger partial charge in [-0.3, -0.25) is 10.1 Å². The SMILES string of the molecule is CS(=O)(=O)c1ccc(Oc2ccc([N+](=O)[O-])c(S(=O)(=O)Cl)c2)c(Cl)c1. The van der Waals surface area contributed by atoms with Crippen LogP contribution in [0.15, 0.2) is 46.2 Å². The second-order valence-corrected chi connectivity index (χ2v) is 9.75. The van der Waals surface area contributed by atoms with Crippen LogP contribution in [0.5, 0.6) is 11.5 Å². The number of hydrogen-bond acceptors (Lipinski definition) is 7. The van der Waals surface area contributed by atoms with Gasteiger partial charge in [0.15, 0.2) is 14.7 Å². The third kappa shape index (κ3) is 4.60. The van der Waals surface area contributed by atoms with E-state index in [9.17, 15) is 26.9 Å². The Balaban J connectivity index is 2.47. The van der Waals surface area contributed by atoms with Gasteiger partial charge in [-0.05, 0) is 24.3 Å². The molecule has 0 spiro atoms. The van der Waals surface area contributed by atoms with E-state index in [-0.39, 0.29) is 21.4 Å². The quantitative estimate of drug-likeness (QED) is 0.408. The Morgan fingerprint density at radius 3 is 2.20 bits per heavy atom. The van der Waals surface area contributed by atoms with Gasteiger partial charge in [-0.25, -0.2) is 16.8 Å². The number of nitrogens with zero attached hydrogens (tertiary/aromatic N) is 1. The van der Waals surface area contributed by atoms with Crippen LogP contribution in [0.3, 0.4) is 0 Å². The average Bonchev–Trinajstić information content (AvgIpc) is 2.47. The molecule has 2 aromatic rings. The molecule has 2 rings (SSSR count). The lowest BCUT2D eigenvalue weighted by atomic mass is 10.3. The molecule has 0 heterocycles. The van der Waals surface area contributed by atoms with Gasteiger partial charge in [-0.15, -0.1) is 0 Å². The number of rotatable bonds is 5. The van der Waals surface area contributed by atoms with Gasteiger partial charge in [0.05, 0.1) is 14.8 Å². The number of ether oxygens (including phenoxy) is 1. The summed E-state index contributed by atoms with van der Waals surface area (Å²) >= 11 is 5.95. The standard InChI is InChI=1S/C13H9Cl2NO7S2/c1-24(19,20)9-3-5-12(10(14)7-9)23-8-2-4-11(16(17)18)13(6-8)25(15,21)22/h2-7H,1H3.